The van der Waals surface area contributed by atoms with E-state index in [9.17, 15) is 4.79 Å². The van der Waals surface area contributed by atoms with Crippen molar-refractivity contribution in [2.45, 2.75) is 13.5 Å². The van der Waals surface area contributed by atoms with Crippen LogP contribution in [0, 0.1) is 0 Å². The van der Waals surface area contributed by atoms with E-state index < -0.39 is 0 Å². The Balaban J connectivity index is 2.26. The van der Waals surface area contributed by atoms with Crippen molar-refractivity contribution in [1.29, 1.82) is 0 Å². The summed E-state index contributed by atoms with van der Waals surface area (Å²) in [6.45, 7) is 3.07. The zero-order valence-corrected chi connectivity index (χ0v) is 9.38. The third-order valence-corrected chi connectivity index (χ3v) is 2.07. The molecule has 0 fully saturated rings. The van der Waals surface area contributed by atoms with Crippen molar-refractivity contribution >= 4 is 17.6 Å². The van der Waals surface area contributed by atoms with Gasteiger partial charge in [-0.25, -0.2) is 0 Å². The van der Waals surface area contributed by atoms with Crippen molar-refractivity contribution in [3.63, 3.8) is 0 Å². The molecule has 0 heterocycles. The number of hydrogen-bond donors (Lipinski definition) is 1. The van der Waals surface area contributed by atoms with Crippen LogP contribution in [0.3, 0.4) is 0 Å². The molecule has 1 aromatic carbocycles. The minimum atomic E-state index is -0.230. The molecule has 0 saturated carbocycles. The molecule has 0 atom stereocenters. The Morgan fingerprint density at radius 3 is 2.67 bits per heavy atom. The molecule has 0 saturated heterocycles. The lowest BCUT2D eigenvalue weighted by atomic mass is 10.2. The maximum Gasteiger partial charge on any atom is 0.319 e. The van der Waals surface area contributed by atoms with E-state index in [0.29, 0.717) is 18.2 Å². The van der Waals surface area contributed by atoms with Gasteiger partial charge in [-0.3, -0.25) is 4.79 Å². The van der Waals surface area contributed by atoms with E-state index in [1.165, 1.54) is 0 Å². The number of carbonyl (C=O) groups excluding carboxylic acids is 1. The van der Waals surface area contributed by atoms with Gasteiger partial charge in [-0.15, -0.1) is 0 Å². The molecule has 0 aliphatic rings. The van der Waals surface area contributed by atoms with Crippen LogP contribution in [-0.2, 0) is 16.1 Å². The van der Waals surface area contributed by atoms with Crippen molar-refractivity contribution in [1.82, 2.24) is 5.32 Å². The summed E-state index contributed by atoms with van der Waals surface area (Å²) in [5.41, 5.74) is 1.09. The fourth-order valence-corrected chi connectivity index (χ4v) is 1.25. The first-order valence-electron chi connectivity index (χ1n) is 4.83. The highest BCUT2D eigenvalue weighted by atomic mass is 35.5. The SMILES string of the molecule is CCOC(=O)CNCc1ccc(Cl)cc1. The summed E-state index contributed by atoms with van der Waals surface area (Å²) in [7, 11) is 0. The first-order chi connectivity index (χ1) is 7.22. The summed E-state index contributed by atoms with van der Waals surface area (Å²) < 4.78 is 4.78. The highest BCUT2D eigenvalue weighted by Gasteiger charge is 2.00. The molecule has 15 heavy (non-hydrogen) atoms. The van der Waals surface area contributed by atoms with Crippen LogP contribution in [-0.4, -0.2) is 19.1 Å². The van der Waals surface area contributed by atoms with Gasteiger partial charge >= 0.3 is 5.97 Å². The number of hydrogen-bond acceptors (Lipinski definition) is 3. The zero-order valence-electron chi connectivity index (χ0n) is 8.63. The average Bonchev–Trinajstić information content (AvgIpc) is 2.21. The number of halogens is 1. The van der Waals surface area contributed by atoms with Gasteiger partial charge in [-0.1, -0.05) is 23.7 Å². The summed E-state index contributed by atoms with van der Waals surface area (Å²) in [5, 5.41) is 3.70. The highest BCUT2D eigenvalue weighted by molar-refractivity contribution is 6.30. The van der Waals surface area contributed by atoms with Gasteiger partial charge in [0.15, 0.2) is 0 Å². The number of nitrogens with one attached hydrogen (secondary N) is 1. The molecule has 0 amide bonds. The topological polar surface area (TPSA) is 38.3 Å². The predicted molar refractivity (Wildman–Crippen MR) is 59.8 cm³/mol. The van der Waals surface area contributed by atoms with Crippen molar-refractivity contribution in [3.05, 3.63) is 34.9 Å². The Bertz CT molecular complexity index is 311. The third-order valence-electron chi connectivity index (χ3n) is 1.82. The quantitative estimate of drug-likeness (QED) is 0.782. The molecular formula is C11H14ClNO2. The van der Waals surface area contributed by atoms with Crippen molar-refractivity contribution in [2.75, 3.05) is 13.2 Å². The maximum atomic E-state index is 11.0. The van der Waals surface area contributed by atoms with E-state index in [-0.39, 0.29) is 12.5 Å². The van der Waals surface area contributed by atoms with E-state index >= 15 is 0 Å². The van der Waals surface area contributed by atoms with Crippen LogP contribution in [0.1, 0.15) is 12.5 Å². The molecular weight excluding hydrogens is 214 g/mol. The molecule has 3 nitrogen and oxygen atoms in total. The number of rotatable bonds is 5. The first-order valence-corrected chi connectivity index (χ1v) is 5.21. The van der Waals surface area contributed by atoms with Gasteiger partial charge in [-0.2, -0.15) is 0 Å². The monoisotopic (exact) mass is 227 g/mol. The largest absolute Gasteiger partial charge is 0.465 e. The van der Waals surface area contributed by atoms with Gasteiger partial charge in [0.25, 0.3) is 0 Å². The van der Waals surface area contributed by atoms with E-state index in [1.807, 2.05) is 24.3 Å². The molecule has 0 unspecified atom stereocenters. The summed E-state index contributed by atoms with van der Waals surface area (Å²) in [6, 6.07) is 7.48. The normalized spacial score (nSPS) is 10.0. The van der Waals surface area contributed by atoms with Crippen molar-refractivity contribution < 1.29 is 9.53 Å². The summed E-state index contributed by atoms with van der Waals surface area (Å²) >= 11 is 5.74. The van der Waals surface area contributed by atoms with E-state index in [4.69, 9.17) is 16.3 Å². The molecule has 82 valence electrons. The summed E-state index contributed by atoms with van der Waals surface area (Å²) in [5.74, 6) is -0.230. The highest BCUT2D eigenvalue weighted by Crippen LogP contribution is 2.08. The van der Waals surface area contributed by atoms with Gasteiger partial charge in [0.1, 0.15) is 0 Å². The lowest BCUT2D eigenvalue weighted by Gasteiger charge is -2.04. The van der Waals surface area contributed by atoms with E-state index in [0.717, 1.165) is 5.56 Å². The fourth-order valence-electron chi connectivity index (χ4n) is 1.12. The van der Waals surface area contributed by atoms with Crippen LogP contribution >= 0.6 is 11.6 Å². The molecule has 0 bridgehead atoms. The molecule has 4 heteroatoms. The van der Waals surface area contributed by atoms with Crippen LogP contribution in [0.5, 0.6) is 0 Å². The number of carbonyl (C=O) groups is 1. The van der Waals surface area contributed by atoms with Crippen LogP contribution in [0.15, 0.2) is 24.3 Å². The van der Waals surface area contributed by atoms with Gasteiger partial charge in [0, 0.05) is 11.6 Å². The Labute approximate surface area is 94.4 Å². The van der Waals surface area contributed by atoms with Crippen LogP contribution in [0.4, 0.5) is 0 Å². The smallest absolute Gasteiger partial charge is 0.319 e. The first kappa shape index (κ1) is 12.0. The van der Waals surface area contributed by atoms with Gasteiger partial charge in [-0.05, 0) is 24.6 Å². The zero-order chi connectivity index (χ0) is 11.1. The number of ether oxygens (including phenoxy) is 1. The Morgan fingerprint density at radius 2 is 2.07 bits per heavy atom. The molecule has 0 radical (unpaired) electrons. The van der Waals surface area contributed by atoms with Gasteiger partial charge in [0.05, 0.1) is 13.2 Å². The van der Waals surface area contributed by atoms with Gasteiger partial charge < -0.3 is 10.1 Å². The standard InChI is InChI=1S/C11H14ClNO2/c1-2-15-11(14)8-13-7-9-3-5-10(12)6-4-9/h3-6,13H,2,7-8H2,1H3. The Morgan fingerprint density at radius 1 is 1.40 bits per heavy atom. The molecule has 0 aliphatic heterocycles. The van der Waals surface area contributed by atoms with Crippen molar-refractivity contribution in [2.24, 2.45) is 0 Å². The molecule has 1 rings (SSSR count). The molecule has 0 aliphatic carbocycles. The molecule has 1 N–H and O–H groups in total. The second-order valence-electron chi connectivity index (χ2n) is 3.04. The van der Waals surface area contributed by atoms with Gasteiger partial charge in [0.2, 0.25) is 0 Å². The molecule has 0 aromatic heterocycles. The van der Waals surface area contributed by atoms with E-state index in [1.54, 1.807) is 6.92 Å². The molecule has 1 aromatic rings. The Kier molecular flexibility index (Phi) is 5.15. The van der Waals surface area contributed by atoms with Crippen LogP contribution < -0.4 is 5.32 Å². The minimum Gasteiger partial charge on any atom is -0.465 e. The second-order valence-corrected chi connectivity index (χ2v) is 3.47. The summed E-state index contributed by atoms with van der Waals surface area (Å²) in [4.78, 5) is 11.0. The number of esters is 1. The lowest BCUT2D eigenvalue weighted by molar-refractivity contribution is -0.142. The Hall–Kier alpha value is -1.06. The van der Waals surface area contributed by atoms with Crippen molar-refractivity contribution in [3.8, 4) is 0 Å². The van der Waals surface area contributed by atoms with E-state index in [2.05, 4.69) is 5.32 Å². The van der Waals surface area contributed by atoms with Crippen LogP contribution in [0.25, 0.3) is 0 Å². The minimum absolute atomic E-state index is 0.230. The third kappa shape index (κ3) is 4.81. The van der Waals surface area contributed by atoms with Crippen LogP contribution in [0.2, 0.25) is 5.02 Å². The maximum absolute atomic E-state index is 11.0. The second kappa shape index (κ2) is 6.43. The predicted octanol–water partition coefficient (Wildman–Crippen LogP) is 1.99. The average molecular weight is 228 g/mol. The fraction of sp³-hybridized carbons (Fsp3) is 0.364. The summed E-state index contributed by atoms with van der Waals surface area (Å²) in [6.07, 6.45) is 0. The molecule has 0 spiro atoms. The lowest BCUT2D eigenvalue weighted by Crippen LogP contribution is -2.24. The number of benzene rings is 1.